The van der Waals surface area contributed by atoms with Crippen molar-refractivity contribution < 1.29 is 4.79 Å². The Hall–Kier alpha value is -2.72. The molecule has 1 amide bonds. The van der Waals surface area contributed by atoms with E-state index in [-0.39, 0.29) is 5.91 Å². The van der Waals surface area contributed by atoms with E-state index in [4.69, 9.17) is 11.6 Å². The fourth-order valence-corrected chi connectivity index (χ4v) is 3.78. The lowest BCUT2D eigenvalue weighted by atomic mass is 10.1. The van der Waals surface area contributed by atoms with Gasteiger partial charge in [0.05, 0.1) is 5.56 Å². The van der Waals surface area contributed by atoms with Crippen LogP contribution in [0.2, 0.25) is 5.02 Å². The average molecular weight is 394 g/mol. The number of nitrogens with one attached hydrogen (secondary N) is 1. The second-order valence-corrected chi connectivity index (χ2v) is 7.78. The van der Waals surface area contributed by atoms with Gasteiger partial charge in [0.1, 0.15) is 0 Å². The first-order valence-electron chi connectivity index (χ1n) is 9.58. The normalized spacial score (nSPS) is 14.4. The van der Waals surface area contributed by atoms with Crippen LogP contribution in [-0.4, -0.2) is 42.0 Å². The summed E-state index contributed by atoms with van der Waals surface area (Å²) < 4.78 is 0. The highest BCUT2D eigenvalue weighted by atomic mass is 35.5. The summed E-state index contributed by atoms with van der Waals surface area (Å²) in [6, 6.07) is 18.2. The standard InChI is InChI=1S/C23H24ClN3O/c1-16-3-5-18(6-4-16)22-15-21(17(2)25-22)23(28)27-13-11-26(12-14-27)20-9-7-19(24)8-10-20/h3-10,15,25H,11-14H2,1-2H3. The number of rotatable bonds is 3. The van der Waals surface area contributed by atoms with Gasteiger partial charge in [-0.2, -0.15) is 0 Å². The van der Waals surface area contributed by atoms with Gasteiger partial charge in [-0.3, -0.25) is 4.79 Å². The molecule has 3 aromatic rings. The Morgan fingerprint density at radius 1 is 0.929 bits per heavy atom. The molecule has 2 aromatic carbocycles. The molecule has 0 unspecified atom stereocenters. The van der Waals surface area contributed by atoms with Crippen LogP contribution in [0.4, 0.5) is 5.69 Å². The third-order valence-electron chi connectivity index (χ3n) is 5.37. The van der Waals surface area contributed by atoms with Crippen molar-refractivity contribution in [2.24, 2.45) is 0 Å². The first kappa shape index (κ1) is 18.6. The van der Waals surface area contributed by atoms with Crippen LogP contribution in [-0.2, 0) is 0 Å². The van der Waals surface area contributed by atoms with Gasteiger partial charge < -0.3 is 14.8 Å². The van der Waals surface area contributed by atoms with Crippen LogP contribution in [0.3, 0.4) is 0 Å². The summed E-state index contributed by atoms with van der Waals surface area (Å²) in [7, 11) is 0. The van der Waals surface area contributed by atoms with Gasteiger partial charge in [0.15, 0.2) is 0 Å². The SMILES string of the molecule is Cc1ccc(-c2cc(C(=O)N3CCN(c4ccc(Cl)cc4)CC3)c(C)[nH]2)cc1. The number of H-pyrrole nitrogens is 1. The number of benzene rings is 2. The average Bonchev–Trinajstić information content (AvgIpc) is 3.10. The summed E-state index contributed by atoms with van der Waals surface area (Å²) >= 11 is 5.98. The number of anilines is 1. The number of aromatic amines is 1. The smallest absolute Gasteiger partial charge is 0.255 e. The summed E-state index contributed by atoms with van der Waals surface area (Å²) in [5, 5.41) is 0.741. The molecule has 0 atom stereocenters. The number of carbonyl (C=O) groups is 1. The third-order valence-corrected chi connectivity index (χ3v) is 5.62. The van der Waals surface area contributed by atoms with Crippen LogP contribution < -0.4 is 4.90 Å². The van der Waals surface area contributed by atoms with Crippen molar-refractivity contribution >= 4 is 23.2 Å². The van der Waals surface area contributed by atoms with Crippen LogP contribution in [0.25, 0.3) is 11.3 Å². The van der Waals surface area contributed by atoms with Crippen molar-refractivity contribution in [1.29, 1.82) is 0 Å². The Morgan fingerprint density at radius 3 is 2.21 bits per heavy atom. The maximum atomic E-state index is 13.1. The quantitative estimate of drug-likeness (QED) is 0.686. The maximum absolute atomic E-state index is 13.1. The van der Waals surface area contributed by atoms with Gasteiger partial charge in [-0.25, -0.2) is 0 Å². The highest BCUT2D eigenvalue weighted by Crippen LogP contribution is 2.24. The molecule has 1 saturated heterocycles. The van der Waals surface area contributed by atoms with Crippen LogP contribution in [0.5, 0.6) is 0 Å². The van der Waals surface area contributed by atoms with Gasteiger partial charge in [-0.15, -0.1) is 0 Å². The van der Waals surface area contributed by atoms with Gasteiger partial charge in [-0.05, 0) is 49.7 Å². The number of amides is 1. The zero-order valence-corrected chi connectivity index (χ0v) is 17.0. The van der Waals surface area contributed by atoms with Crippen molar-refractivity contribution in [3.8, 4) is 11.3 Å². The fraction of sp³-hybridized carbons (Fsp3) is 0.261. The number of hydrogen-bond acceptors (Lipinski definition) is 2. The minimum atomic E-state index is 0.0999. The van der Waals surface area contributed by atoms with Crippen LogP contribution in [0, 0.1) is 13.8 Å². The number of halogens is 1. The highest BCUT2D eigenvalue weighted by molar-refractivity contribution is 6.30. The van der Waals surface area contributed by atoms with Crippen molar-refractivity contribution in [2.75, 3.05) is 31.1 Å². The van der Waals surface area contributed by atoms with Gasteiger partial charge in [0.25, 0.3) is 5.91 Å². The lowest BCUT2D eigenvalue weighted by Gasteiger charge is -2.36. The lowest BCUT2D eigenvalue weighted by Crippen LogP contribution is -2.48. The Bertz CT molecular complexity index is 968. The molecule has 1 aliphatic heterocycles. The molecule has 0 spiro atoms. The molecule has 0 radical (unpaired) electrons. The second kappa shape index (κ2) is 7.72. The number of piperazine rings is 1. The largest absolute Gasteiger partial charge is 0.368 e. The van der Waals surface area contributed by atoms with Crippen molar-refractivity contribution in [3.63, 3.8) is 0 Å². The van der Waals surface area contributed by atoms with Gasteiger partial charge >= 0.3 is 0 Å². The third kappa shape index (κ3) is 3.78. The molecule has 1 fully saturated rings. The van der Waals surface area contributed by atoms with Crippen molar-refractivity contribution in [2.45, 2.75) is 13.8 Å². The number of nitrogens with zero attached hydrogens (tertiary/aromatic N) is 2. The number of aromatic nitrogens is 1. The molecule has 0 saturated carbocycles. The van der Waals surface area contributed by atoms with Crippen LogP contribution in [0.1, 0.15) is 21.6 Å². The molecule has 0 aliphatic carbocycles. The predicted molar refractivity (Wildman–Crippen MR) is 115 cm³/mol. The number of hydrogen-bond donors (Lipinski definition) is 1. The molecule has 1 aromatic heterocycles. The highest BCUT2D eigenvalue weighted by Gasteiger charge is 2.24. The first-order valence-corrected chi connectivity index (χ1v) is 9.95. The van der Waals surface area contributed by atoms with Gasteiger partial charge in [-0.1, -0.05) is 41.4 Å². The Labute approximate surface area is 170 Å². The van der Waals surface area contributed by atoms with Crippen molar-refractivity contribution in [1.82, 2.24) is 9.88 Å². The van der Waals surface area contributed by atoms with Crippen LogP contribution in [0.15, 0.2) is 54.6 Å². The zero-order chi connectivity index (χ0) is 19.7. The molecule has 2 heterocycles. The van der Waals surface area contributed by atoms with E-state index in [1.54, 1.807) is 0 Å². The Morgan fingerprint density at radius 2 is 1.57 bits per heavy atom. The molecule has 1 aliphatic rings. The summed E-state index contributed by atoms with van der Waals surface area (Å²) in [5.74, 6) is 0.0999. The molecule has 1 N–H and O–H groups in total. The fourth-order valence-electron chi connectivity index (χ4n) is 3.66. The Balaban J connectivity index is 1.45. The predicted octanol–water partition coefficient (Wildman–Crippen LogP) is 4.91. The van der Waals surface area contributed by atoms with E-state index in [0.29, 0.717) is 13.1 Å². The van der Waals surface area contributed by atoms with E-state index in [0.717, 1.165) is 46.3 Å². The van der Waals surface area contributed by atoms with E-state index >= 15 is 0 Å². The molecular weight excluding hydrogens is 370 g/mol. The maximum Gasteiger partial charge on any atom is 0.255 e. The summed E-state index contributed by atoms with van der Waals surface area (Å²) in [4.78, 5) is 20.7. The Kier molecular flexibility index (Phi) is 5.14. The van der Waals surface area contributed by atoms with Gasteiger partial charge in [0.2, 0.25) is 0 Å². The molecule has 28 heavy (non-hydrogen) atoms. The van der Waals surface area contributed by atoms with Crippen LogP contribution >= 0.6 is 11.6 Å². The van der Waals surface area contributed by atoms with E-state index in [9.17, 15) is 4.79 Å². The number of aryl methyl sites for hydroxylation is 2. The molecule has 144 valence electrons. The zero-order valence-electron chi connectivity index (χ0n) is 16.2. The molecular formula is C23H24ClN3O. The summed E-state index contributed by atoms with van der Waals surface area (Å²) in [6.45, 7) is 7.11. The second-order valence-electron chi connectivity index (χ2n) is 7.34. The topological polar surface area (TPSA) is 39.3 Å². The van der Waals surface area contributed by atoms with E-state index in [1.165, 1.54) is 5.56 Å². The van der Waals surface area contributed by atoms with E-state index < -0.39 is 0 Å². The van der Waals surface area contributed by atoms with Crippen molar-refractivity contribution in [3.05, 3.63) is 76.4 Å². The minimum Gasteiger partial charge on any atom is -0.368 e. The lowest BCUT2D eigenvalue weighted by molar-refractivity contribution is 0.0746. The first-order chi connectivity index (χ1) is 13.5. The number of carbonyl (C=O) groups excluding carboxylic acids is 1. The van der Waals surface area contributed by atoms with E-state index in [1.807, 2.05) is 42.2 Å². The molecule has 4 nitrogen and oxygen atoms in total. The summed E-state index contributed by atoms with van der Waals surface area (Å²) in [6.07, 6.45) is 0. The summed E-state index contributed by atoms with van der Waals surface area (Å²) in [5.41, 5.74) is 6.13. The monoisotopic (exact) mass is 393 g/mol. The molecule has 0 bridgehead atoms. The van der Waals surface area contributed by atoms with E-state index in [2.05, 4.69) is 41.1 Å². The van der Waals surface area contributed by atoms with Gasteiger partial charge in [0, 0.05) is 48.3 Å². The molecule has 5 heteroatoms. The minimum absolute atomic E-state index is 0.0999. The molecule has 4 rings (SSSR count).